The number of hydrogen-bond donors (Lipinski definition) is 2. The van der Waals surface area contributed by atoms with E-state index in [2.05, 4.69) is 17.0 Å². The highest BCUT2D eigenvalue weighted by molar-refractivity contribution is 5.64. The Morgan fingerprint density at radius 3 is 2.67 bits per heavy atom. The minimum atomic E-state index is -0.908. The number of rotatable bonds is 3. The first-order valence-corrected chi connectivity index (χ1v) is 2.40. The zero-order valence-corrected chi connectivity index (χ0v) is 4.91. The molecule has 0 aromatic heterocycles. The summed E-state index contributed by atoms with van der Waals surface area (Å²) in [6.07, 6.45) is -0.290. The molecule has 0 bridgehead atoms. The van der Waals surface area contributed by atoms with Crippen LogP contribution in [0, 0.1) is 0 Å². The molecule has 0 radical (unpaired) electrons. The van der Waals surface area contributed by atoms with Crippen LogP contribution in [0.3, 0.4) is 0 Å². The third-order valence-electron chi connectivity index (χ3n) is 0.710. The van der Waals surface area contributed by atoms with Gasteiger partial charge in [0.05, 0.1) is 6.61 Å². The molecule has 0 aliphatic rings. The van der Waals surface area contributed by atoms with Gasteiger partial charge >= 0.3 is 6.09 Å². The number of ether oxygens (including phenoxy) is 1. The number of amides is 1. The lowest BCUT2D eigenvalue weighted by molar-refractivity contribution is 0.0899. The highest BCUT2D eigenvalue weighted by Crippen LogP contribution is 1.89. The van der Waals surface area contributed by atoms with Crippen molar-refractivity contribution in [3.63, 3.8) is 0 Å². The molecule has 0 heterocycles. The first-order chi connectivity index (χ1) is 4.20. The summed E-state index contributed by atoms with van der Waals surface area (Å²) in [5.41, 5.74) is 4.62. The van der Waals surface area contributed by atoms with Crippen molar-refractivity contribution in [3.05, 3.63) is 12.7 Å². The molecule has 0 aromatic carbocycles. The monoisotopic (exact) mass is 131 g/mol. The van der Waals surface area contributed by atoms with E-state index >= 15 is 0 Å². The van der Waals surface area contributed by atoms with E-state index in [0.717, 1.165) is 0 Å². The van der Waals surface area contributed by atoms with Crippen LogP contribution in [-0.2, 0) is 4.74 Å². The predicted molar refractivity (Wildman–Crippen MR) is 31.7 cm³/mol. The van der Waals surface area contributed by atoms with Gasteiger partial charge in [-0.2, -0.15) is 0 Å². The van der Waals surface area contributed by atoms with Crippen LogP contribution in [0.1, 0.15) is 0 Å². The van der Waals surface area contributed by atoms with Crippen LogP contribution in [0.2, 0.25) is 0 Å². The van der Waals surface area contributed by atoms with Crippen molar-refractivity contribution in [1.82, 2.24) is 0 Å². The second kappa shape index (κ2) is 3.91. The van der Waals surface area contributed by atoms with Crippen molar-refractivity contribution in [2.24, 2.45) is 5.73 Å². The fourth-order valence-corrected chi connectivity index (χ4v) is 0.309. The Morgan fingerprint density at radius 2 is 2.56 bits per heavy atom. The first-order valence-electron chi connectivity index (χ1n) is 2.40. The summed E-state index contributed by atoms with van der Waals surface area (Å²) >= 11 is 0. The van der Waals surface area contributed by atoms with E-state index in [-0.39, 0.29) is 6.61 Å². The average molecular weight is 131 g/mol. The van der Waals surface area contributed by atoms with Crippen LogP contribution < -0.4 is 5.73 Å². The molecule has 3 N–H and O–H groups in total. The highest BCUT2D eigenvalue weighted by atomic mass is 16.6. The zero-order valence-electron chi connectivity index (χ0n) is 4.91. The van der Waals surface area contributed by atoms with Crippen LogP contribution in [0.25, 0.3) is 0 Å². The third-order valence-corrected chi connectivity index (χ3v) is 0.710. The first kappa shape index (κ1) is 7.97. The number of nitrogens with two attached hydrogens (primary N) is 1. The Hall–Kier alpha value is -1.03. The Morgan fingerprint density at radius 1 is 2.00 bits per heavy atom. The normalized spacial score (nSPS) is 12.1. The molecule has 0 rings (SSSR count). The molecule has 4 heteroatoms. The van der Waals surface area contributed by atoms with E-state index in [1.807, 2.05) is 0 Å². The fourth-order valence-electron chi connectivity index (χ4n) is 0.309. The van der Waals surface area contributed by atoms with E-state index in [1.54, 1.807) is 0 Å². The van der Waals surface area contributed by atoms with Gasteiger partial charge in [0, 0.05) is 0 Å². The predicted octanol–water partition coefficient (Wildman–Crippen LogP) is -0.371. The van der Waals surface area contributed by atoms with Crippen molar-refractivity contribution < 1.29 is 14.6 Å². The van der Waals surface area contributed by atoms with E-state index in [9.17, 15) is 4.79 Å². The summed E-state index contributed by atoms with van der Waals surface area (Å²) in [6.45, 7) is 3.01. The van der Waals surface area contributed by atoms with Gasteiger partial charge in [0.15, 0.2) is 0 Å². The second-order valence-corrected chi connectivity index (χ2v) is 1.39. The lowest BCUT2D eigenvalue weighted by Crippen LogP contribution is -2.23. The highest BCUT2D eigenvalue weighted by Gasteiger charge is 2.03. The second-order valence-electron chi connectivity index (χ2n) is 1.39. The van der Waals surface area contributed by atoms with E-state index < -0.39 is 12.2 Å². The minimum absolute atomic E-state index is 0.285. The van der Waals surface area contributed by atoms with E-state index in [4.69, 9.17) is 5.11 Å². The Balaban J connectivity index is 3.55. The molecule has 0 aliphatic carbocycles. The SMILES string of the molecule is C=CC(CO)OC(N)=O. The summed E-state index contributed by atoms with van der Waals surface area (Å²) in [4.78, 5) is 9.97. The van der Waals surface area contributed by atoms with Gasteiger partial charge in [0.2, 0.25) is 0 Å². The topological polar surface area (TPSA) is 72.6 Å². The molecular weight excluding hydrogens is 122 g/mol. The maximum absolute atomic E-state index is 9.97. The Kier molecular flexibility index (Phi) is 3.46. The van der Waals surface area contributed by atoms with Crippen LogP contribution in [0.15, 0.2) is 12.7 Å². The summed E-state index contributed by atoms with van der Waals surface area (Å²) < 4.78 is 4.32. The molecular formula is C5H9NO3. The third kappa shape index (κ3) is 3.54. The number of aliphatic hydroxyl groups excluding tert-OH is 1. The lowest BCUT2D eigenvalue weighted by Gasteiger charge is -2.06. The number of hydrogen-bond acceptors (Lipinski definition) is 3. The number of aliphatic hydroxyl groups is 1. The van der Waals surface area contributed by atoms with Gasteiger partial charge in [-0.25, -0.2) is 4.79 Å². The van der Waals surface area contributed by atoms with Crippen molar-refractivity contribution >= 4 is 6.09 Å². The van der Waals surface area contributed by atoms with Crippen LogP contribution in [0.5, 0.6) is 0 Å². The molecule has 0 spiro atoms. The molecule has 0 saturated heterocycles. The maximum Gasteiger partial charge on any atom is 0.405 e. The summed E-state index contributed by atoms with van der Waals surface area (Å²) in [7, 11) is 0. The molecule has 0 fully saturated rings. The van der Waals surface area contributed by atoms with Crippen LogP contribution in [-0.4, -0.2) is 23.9 Å². The van der Waals surface area contributed by atoms with Crippen molar-refractivity contribution in [2.45, 2.75) is 6.10 Å². The van der Waals surface area contributed by atoms with Gasteiger partial charge in [-0.3, -0.25) is 0 Å². The van der Waals surface area contributed by atoms with Crippen LogP contribution in [0.4, 0.5) is 4.79 Å². The van der Waals surface area contributed by atoms with Crippen molar-refractivity contribution in [3.8, 4) is 0 Å². The smallest absolute Gasteiger partial charge is 0.405 e. The van der Waals surface area contributed by atoms with E-state index in [0.29, 0.717) is 0 Å². The standard InChI is InChI=1S/C5H9NO3/c1-2-4(3-7)9-5(6)8/h2,4,7H,1,3H2,(H2,6,8). The molecule has 9 heavy (non-hydrogen) atoms. The molecule has 1 atom stereocenters. The fraction of sp³-hybridized carbons (Fsp3) is 0.400. The summed E-state index contributed by atoms with van der Waals surface area (Å²) in [5.74, 6) is 0. The van der Waals surface area contributed by atoms with Gasteiger partial charge in [-0.15, -0.1) is 0 Å². The van der Waals surface area contributed by atoms with Gasteiger partial charge < -0.3 is 15.6 Å². The molecule has 1 unspecified atom stereocenters. The van der Waals surface area contributed by atoms with E-state index in [1.165, 1.54) is 6.08 Å². The zero-order chi connectivity index (χ0) is 7.28. The lowest BCUT2D eigenvalue weighted by atomic mass is 10.4. The quantitative estimate of drug-likeness (QED) is 0.513. The number of carbonyl (C=O) groups excluding carboxylic acids is 1. The summed E-state index contributed by atoms with van der Waals surface area (Å²) in [6, 6.07) is 0. The molecule has 0 saturated carbocycles. The summed E-state index contributed by atoms with van der Waals surface area (Å²) in [5, 5.41) is 8.37. The van der Waals surface area contributed by atoms with Crippen molar-refractivity contribution in [1.29, 1.82) is 0 Å². The molecule has 0 aliphatic heterocycles. The number of primary amides is 1. The van der Waals surface area contributed by atoms with Gasteiger partial charge in [-0.05, 0) is 6.08 Å². The Labute approximate surface area is 52.9 Å². The molecule has 4 nitrogen and oxygen atoms in total. The Bertz CT molecular complexity index is 113. The molecule has 0 aromatic rings. The molecule has 1 amide bonds. The minimum Gasteiger partial charge on any atom is -0.440 e. The van der Waals surface area contributed by atoms with Gasteiger partial charge in [0.1, 0.15) is 6.10 Å². The largest absolute Gasteiger partial charge is 0.440 e. The number of carbonyl (C=O) groups is 1. The molecule has 52 valence electrons. The van der Waals surface area contributed by atoms with Gasteiger partial charge in [-0.1, -0.05) is 6.58 Å². The van der Waals surface area contributed by atoms with Crippen molar-refractivity contribution in [2.75, 3.05) is 6.61 Å². The maximum atomic E-state index is 9.97. The van der Waals surface area contributed by atoms with Crippen LogP contribution >= 0.6 is 0 Å². The van der Waals surface area contributed by atoms with Gasteiger partial charge in [0.25, 0.3) is 0 Å². The average Bonchev–Trinajstić information content (AvgIpc) is 1.82.